The van der Waals surface area contributed by atoms with E-state index >= 15 is 0 Å². The van der Waals surface area contributed by atoms with Crippen molar-refractivity contribution in [1.82, 2.24) is 0 Å². The average molecular weight is 2030 g/mol. The zero-order valence-corrected chi connectivity index (χ0v) is 90.2. The zero-order chi connectivity index (χ0) is 110. The Morgan fingerprint density at radius 3 is 0.667 bits per heavy atom. The Hall–Kier alpha value is -4.18. The van der Waals surface area contributed by atoms with E-state index in [2.05, 4.69) is 51.0 Å². The van der Waals surface area contributed by atoms with Crippen LogP contribution in [0.3, 0.4) is 0 Å². The van der Waals surface area contributed by atoms with Crippen LogP contribution in [-0.4, -0.2) is 379 Å². The molecule has 0 saturated carbocycles. The monoisotopic (exact) mass is 2030 g/mol. The topological polar surface area (TPSA) is 629 Å². The van der Waals surface area contributed by atoms with Crippen molar-refractivity contribution in [2.24, 2.45) is 71.0 Å². The van der Waals surface area contributed by atoms with Crippen LogP contribution < -0.4 is 0 Å². The SMILES string of the molecule is C=CC1OC1CC(C)[C@H](C)O.C=C[C@@H](O)[C@@H](O)CC(C)[C@H](C)O.C=C[C@@H](O)[C@H](O)CC(C)[C@H](C)O.CC(C/C=C/C1CO1)[C@H](C)O.CC(C/C=C/[C@@H](O)CO)[C@H](C)O.CC(C/C=C/[C@H](O)CO)[C@H](C)O.CC(C/C=C\C1CO1)[C@H](C)O.CC(C/C=C\[C@@H](O)CO)[C@H](C)O.CC(C/C=C\[C@H](O)CO)[C@H](C)O.CC(CC1OC1C1CO1)[C@H](C)O.CC(C[C@@H](O)/C=C/CO)[C@H](C)O.CC(C[C@H](O)/C=C/CO)[C@H](C)O. The van der Waals surface area contributed by atoms with Gasteiger partial charge in [0.15, 0.2) is 0 Å². The molecular formula is C108H208O33. The standard InChI is InChI=1S/C9H16O3.8C9H18O3.3C9H16O2/c1-5(6(2)10)3-7-9(12-7)8-4-11-8;2*1-7(8(2)11)6-9(12)4-3-5-10;4*1-7(8(2)11)4-3-5-9(12)6-10;2*1-4-8(11)9(12)5-6(2)7(3)10;2*1-7(8(2)10)4-3-5-9-6-11-9;1-4-8-9(11-8)5-6(2)7(3)10/h5-10H,3-4H2,1-2H3;2*3-4,7-12H,5-6H2,1-2H3;4*3,5,7-12H,4,6H2,1-2H3;2*4,6-12H,1,5H2,2-3H3;2*3,5,7-10H,4,6H2,1-2H3;4,6-10H,1,5H2,2-3H3/b;2*4-3+;2*5-3+;2*5-3-;;;5-3+;5-3-;/t5?,6-,7?,8?,9?;7?,8-,9+;7?,8-,9-;7?,8-,9+;7?,8-,9-;7?,8-,9+;7?,8-,9-;6?,7-,8+,9+;6?,7-,8+,9-;2*7?,8-,9?;6?,7-,8?,9?/m000000000000/s1. The van der Waals surface area contributed by atoms with E-state index in [1.54, 1.807) is 116 Å². The zero-order valence-electron chi connectivity index (χ0n) is 90.2. The maximum Gasteiger partial charge on any atom is 0.113 e. The molecule has 5 fully saturated rings. The van der Waals surface area contributed by atoms with Crippen LogP contribution in [0.1, 0.15) is 243 Å². The van der Waals surface area contributed by atoms with E-state index in [4.69, 9.17) is 136 Å². The highest BCUT2D eigenvalue weighted by Gasteiger charge is 2.51. The molecule has 0 spiro atoms. The predicted octanol–water partition coefficient (Wildman–Crippen LogP) is 7.02. The van der Waals surface area contributed by atoms with Crippen LogP contribution in [0.5, 0.6) is 0 Å². The number of hydrogen-bond acceptors (Lipinski definition) is 33. The van der Waals surface area contributed by atoms with Gasteiger partial charge in [-0.2, -0.15) is 0 Å². The van der Waals surface area contributed by atoms with Gasteiger partial charge in [-0.25, -0.2) is 0 Å². The minimum absolute atomic E-state index is 0.0189. The molecule has 33 nitrogen and oxygen atoms in total. The molecule has 5 aliphatic heterocycles. The van der Waals surface area contributed by atoms with Gasteiger partial charge in [0.2, 0.25) is 0 Å². The summed E-state index contributed by atoms with van der Waals surface area (Å²) in [6.07, 6.45) is 31.3. The van der Waals surface area contributed by atoms with E-state index in [1.165, 1.54) is 24.3 Å². The van der Waals surface area contributed by atoms with Crippen LogP contribution in [-0.2, 0) is 23.7 Å². The molecule has 0 aromatic heterocycles. The molecule has 5 aliphatic rings. The summed E-state index contributed by atoms with van der Waals surface area (Å²) in [5, 5.41) is 251. The van der Waals surface area contributed by atoms with E-state index in [0.717, 1.165) is 45.5 Å². The van der Waals surface area contributed by atoms with Crippen LogP contribution in [0.25, 0.3) is 0 Å². The first-order valence-corrected chi connectivity index (χ1v) is 50.6. The normalized spacial score (nSPS) is 24.4. The van der Waals surface area contributed by atoms with E-state index in [9.17, 15) is 30.6 Å². The van der Waals surface area contributed by atoms with Gasteiger partial charge in [0.05, 0.1) is 218 Å². The molecule has 5 rings (SSSR count). The molecule has 0 aliphatic carbocycles. The molecule has 5 saturated heterocycles. The van der Waals surface area contributed by atoms with Crippen LogP contribution in [0.2, 0.25) is 0 Å². The highest BCUT2D eigenvalue weighted by Crippen LogP contribution is 2.38. The Balaban J connectivity index is -0.000000278. The van der Waals surface area contributed by atoms with Crippen LogP contribution in [0.15, 0.2) is 135 Å². The molecule has 0 amide bonds. The minimum atomic E-state index is -0.897. The Bertz CT molecular complexity index is 2830. The first-order valence-electron chi connectivity index (χ1n) is 50.6. The van der Waals surface area contributed by atoms with Gasteiger partial charge in [-0.1, -0.05) is 199 Å². The average Bonchev–Trinajstić information content (AvgIpc) is 1.63. The fourth-order valence-electron chi connectivity index (χ4n) is 10.5. The lowest BCUT2D eigenvalue weighted by atomic mass is 9.96. The van der Waals surface area contributed by atoms with Crippen molar-refractivity contribution in [2.45, 2.75) is 420 Å². The van der Waals surface area contributed by atoms with Crippen LogP contribution >= 0.6 is 0 Å². The van der Waals surface area contributed by atoms with Gasteiger partial charge in [-0.15, -0.1) is 19.7 Å². The third-order valence-electron chi connectivity index (χ3n) is 24.6. The molecule has 41 atom stereocenters. The van der Waals surface area contributed by atoms with E-state index in [1.807, 2.05) is 110 Å². The van der Waals surface area contributed by atoms with Crippen molar-refractivity contribution in [3.8, 4) is 0 Å². The summed E-state index contributed by atoms with van der Waals surface area (Å²) >= 11 is 0. The van der Waals surface area contributed by atoms with Gasteiger partial charge in [-0.05, 0) is 231 Å². The van der Waals surface area contributed by atoms with Crippen molar-refractivity contribution < 1.29 is 167 Å². The summed E-state index contributed by atoms with van der Waals surface area (Å²) in [5.74, 6) is 2.22. The van der Waals surface area contributed by atoms with Crippen LogP contribution in [0, 0.1) is 71.0 Å². The largest absolute Gasteiger partial charge is 0.393 e. The van der Waals surface area contributed by atoms with Gasteiger partial charge < -0.3 is 167 Å². The van der Waals surface area contributed by atoms with E-state index in [0.29, 0.717) is 112 Å². The molecular weight excluding hydrogens is 1830 g/mol. The van der Waals surface area contributed by atoms with Crippen molar-refractivity contribution >= 4 is 0 Å². The number of aliphatic hydroxyl groups is 28. The van der Waals surface area contributed by atoms with Crippen molar-refractivity contribution in [3.63, 3.8) is 0 Å². The second-order valence-corrected chi connectivity index (χ2v) is 39.1. The maximum atomic E-state index is 9.30. The Morgan fingerprint density at radius 2 is 0.475 bits per heavy atom. The summed E-state index contributed by atoms with van der Waals surface area (Å²) < 4.78 is 25.8. The fraction of sp³-hybridized carbons (Fsp3) is 0.796. The van der Waals surface area contributed by atoms with Crippen molar-refractivity contribution in [3.05, 3.63) is 135 Å². The first kappa shape index (κ1) is 150. The molecule has 0 bridgehead atoms. The second kappa shape index (κ2) is 92.0. The van der Waals surface area contributed by atoms with E-state index < -0.39 is 85.5 Å². The molecule has 141 heavy (non-hydrogen) atoms. The number of allylic oxidation sites excluding steroid dienone is 6. The molecule has 5 heterocycles. The third kappa shape index (κ3) is 96.4. The van der Waals surface area contributed by atoms with E-state index in [-0.39, 0.29) is 142 Å². The molecule has 28 N–H and O–H groups in total. The molecule has 19 unspecified atom stereocenters. The van der Waals surface area contributed by atoms with Gasteiger partial charge in [0.25, 0.3) is 0 Å². The number of rotatable bonds is 56. The number of aliphatic hydroxyl groups excluding tert-OH is 28. The Kier molecular flexibility index (Phi) is 97.7. The second-order valence-electron chi connectivity index (χ2n) is 39.1. The summed E-state index contributed by atoms with van der Waals surface area (Å²) in [6.45, 7) is 56.1. The maximum absolute atomic E-state index is 9.30. The van der Waals surface area contributed by atoms with Gasteiger partial charge in [0.1, 0.15) is 18.3 Å². The van der Waals surface area contributed by atoms with Crippen molar-refractivity contribution in [2.75, 3.05) is 59.5 Å². The molecule has 0 aromatic carbocycles. The molecule has 838 valence electrons. The molecule has 33 heteroatoms. The predicted molar refractivity (Wildman–Crippen MR) is 558 cm³/mol. The quantitative estimate of drug-likeness (QED) is 0.0215. The number of hydrogen-bond donors (Lipinski definition) is 28. The summed E-state index contributed by atoms with van der Waals surface area (Å²) in [6, 6.07) is 0. The highest BCUT2D eigenvalue weighted by atomic mass is 16.7. The fourth-order valence-corrected chi connectivity index (χ4v) is 10.5. The van der Waals surface area contributed by atoms with Crippen molar-refractivity contribution in [1.29, 1.82) is 0 Å². The lowest BCUT2D eigenvalue weighted by Crippen LogP contribution is -2.28. The first-order chi connectivity index (χ1) is 65.6. The molecule has 0 aromatic rings. The van der Waals surface area contributed by atoms with Gasteiger partial charge in [-0.3, -0.25) is 0 Å². The summed E-state index contributed by atoms with van der Waals surface area (Å²) in [4.78, 5) is 0. The lowest BCUT2D eigenvalue weighted by Gasteiger charge is -2.20. The summed E-state index contributed by atoms with van der Waals surface area (Å²) in [7, 11) is 0. The summed E-state index contributed by atoms with van der Waals surface area (Å²) in [5.41, 5.74) is 0. The number of ether oxygens (including phenoxy) is 5. The smallest absolute Gasteiger partial charge is 0.113 e. The lowest BCUT2D eigenvalue weighted by molar-refractivity contribution is 0.0150. The Labute approximate surface area is 848 Å². The number of epoxide rings is 5. The Morgan fingerprint density at radius 1 is 0.255 bits per heavy atom. The van der Waals surface area contributed by atoms with Gasteiger partial charge >= 0.3 is 0 Å². The highest BCUT2D eigenvalue weighted by molar-refractivity contribution is 5.02. The third-order valence-corrected chi connectivity index (χ3v) is 24.6. The van der Waals surface area contributed by atoms with Crippen LogP contribution in [0.4, 0.5) is 0 Å². The minimum Gasteiger partial charge on any atom is -0.393 e. The van der Waals surface area contributed by atoms with Gasteiger partial charge in [0, 0.05) is 0 Å². The molecule has 0 radical (unpaired) electrons.